The molecule has 6 nitrogen and oxygen atoms in total. The number of nitrogens with one attached hydrogen (secondary N) is 1. The van der Waals surface area contributed by atoms with Crippen molar-refractivity contribution in [2.24, 2.45) is 11.1 Å². The van der Waals surface area contributed by atoms with Gasteiger partial charge in [0.05, 0.1) is 18.0 Å². The van der Waals surface area contributed by atoms with Crippen LogP contribution in [0.1, 0.15) is 61.6 Å². The number of hydrogen-bond acceptors (Lipinski definition) is 4. The summed E-state index contributed by atoms with van der Waals surface area (Å²) in [5.41, 5.74) is 7.13. The maximum Gasteiger partial charge on any atom is 0.268 e. The first-order valence-corrected chi connectivity index (χ1v) is 10.3. The Morgan fingerprint density at radius 1 is 1.23 bits per heavy atom. The van der Waals surface area contributed by atoms with Crippen LogP contribution in [0.3, 0.4) is 0 Å². The van der Waals surface area contributed by atoms with Crippen LogP contribution in [0.25, 0.3) is 10.9 Å². The van der Waals surface area contributed by atoms with Crippen LogP contribution < -0.4 is 15.9 Å². The number of aromatic amines is 1. The normalized spacial score (nSPS) is 15.7. The van der Waals surface area contributed by atoms with E-state index in [1.54, 1.807) is 24.3 Å². The van der Waals surface area contributed by atoms with Crippen molar-refractivity contribution in [3.63, 3.8) is 0 Å². The van der Waals surface area contributed by atoms with E-state index in [1.165, 1.54) is 25.4 Å². The lowest BCUT2D eigenvalue weighted by Gasteiger charge is -2.34. The molecule has 4 rings (SSSR count). The van der Waals surface area contributed by atoms with Crippen molar-refractivity contribution in [3.8, 4) is 5.75 Å². The van der Waals surface area contributed by atoms with Gasteiger partial charge in [-0.2, -0.15) is 0 Å². The molecule has 1 aliphatic carbocycles. The van der Waals surface area contributed by atoms with E-state index in [9.17, 15) is 14.0 Å². The highest BCUT2D eigenvalue weighted by molar-refractivity contribution is 6.03. The zero-order valence-corrected chi connectivity index (χ0v) is 18.1. The molecule has 3 aromatic rings. The van der Waals surface area contributed by atoms with E-state index in [0.29, 0.717) is 22.6 Å². The van der Waals surface area contributed by atoms with Crippen molar-refractivity contribution in [1.29, 1.82) is 0 Å². The highest BCUT2D eigenvalue weighted by atomic mass is 19.1. The molecule has 2 aromatic heterocycles. The van der Waals surface area contributed by atoms with Crippen LogP contribution in [0.4, 0.5) is 4.39 Å². The first-order valence-electron chi connectivity index (χ1n) is 10.3. The van der Waals surface area contributed by atoms with E-state index in [4.69, 9.17) is 10.5 Å². The second kappa shape index (κ2) is 9.29. The second-order valence-corrected chi connectivity index (χ2v) is 8.64. The van der Waals surface area contributed by atoms with E-state index in [2.05, 4.69) is 23.8 Å². The molecule has 1 aromatic carbocycles. The second-order valence-electron chi connectivity index (χ2n) is 8.64. The summed E-state index contributed by atoms with van der Waals surface area (Å²) in [6.45, 7) is 4.58. The summed E-state index contributed by atoms with van der Waals surface area (Å²) < 4.78 is 17.0. The monoisotopic (exact) mass is 425 g/mol. The predicted molar refractivity (Wildman–Crippen MR) is 119 cm³/mol. The maximum atomic E-state index is 12.4. The third-order valence-electron chi connectivity index (χ3n) is 5.81. The average molecular weight is 426 g/mol. The Balaban J connectivity index is 0.000000254. The van der Waals surface area contributed by atoms with Crippen molar-refractivity contribution in [3.05, 3.63) is 70.0 Å². The molecule has 164 valence electrons. The highest BCUT2D eigenvalue weighted by Gasteiger charge is 2.28. The fourth-order valence-corrected chi connectivity index (χ4v) is 3.93. The smallest absolute Gasteiger partial charge is 0.268 e. The van der Waals surface area contributed by atoms with Crippen LogP contribution in [0, 0.1) is 11.2 Å². The molecule has 1 amide bonds. The topological polar surface area (TPSA) is 98.1 Å². The van der Waals surface area contributed by atoms with Gasteiger partial charge in [0.25, 0.3) is 5.91 Å². The number of aromatic nitrogens is 2. The van der Waals surface area contributed by atoms with E-state index in [1.807, 2.05) is 0 Å². The molecule has 0 unspecified atom stereocenters. The number of H-pyrrole nitrogens is 1. The van der Waals surface area contributed by atoms with Crippen LogP contribution in [0.2, 0.25) is 0 Å². The largest absolute Gasteiger partial charge is 0.497 e. The lowest BCUT2D eigenvalue weighted by atomic mass is 9.72. The predicted octanol–water partition coefficient (Wildman–Crippen LogP) is 4.54. The lowest BCUT2D eigenvalue weighted by Crippen LogP contribution is -2.22. The molecule has 1 saturated carbocycles. The Bertz CT molecular complexity index is 1130. The Morgan fingerprint density at radius 2 is 1.94 bits per heavy atom. The number of halogens is 1. The van der Waals surface area contributed by atoms with Gasteiger partial charge in [-0.25, -0.2) is 4.39 Å². The van der Waals surface area contributed by atoms with Gasteiger partial charge in [-0.15, -0.1) is 0 Å². The van der Waals surface area contributed by atoms with Crippen LogP contribution in [-0.4, -0.2) is 23.0 Å². The summed E-state index contributed by atoms with van der Waals surface area (Å²) >= 11 is 0. The molecule has 0 radical (unpaired) electrons. The third kappa shape index (κ3) is 5.48. The summed E-state index contributed by atoms with van der Waals surface area (Å²) in [4.78, 5) is 31.1. The molecule has 0 spiro atoms. The standard InChI is InChI=1S/C17H21N3O2.C7H7FO/c1-17(2)6-3-10(4-7-17)12-9-13(21)14-11(20-12)5-8-19-15(14)16(18)22;1-9-7-4-2-3-6(8)5-7/h5,8-10H,3-4,6-7H2,1-2H3,(H2,18,22)(H,20,21);2-5H,1H3. The number of amides is 1. The molecule has 1 fully saturated rings. The van der Waals surface area contributed by atoms with Crippen molar-refractivity contribution < 1.29 is 13.9 Å². The van der Waals surface area contributed by atoms with E-state index in [-0.39, 0.29) is 22.3 Å². The maximum absolute atomic E-state index is 12.4. The van der Waals surface area contributed by atoms with Gasteiger partial charge in [0.1, 0.15) is 17.3 Å². The van der Waals surface area contributed by atoms with Gasteiger partial charge in [0, 0.05) is 24.0 Å². The van der Waals surface area contributed by atoms with Gasteiger partial charge in [0.15, 0.2) is 5.43 Å². The van der Waals surface area contributed by atoms with E-state index < -0.39 is 5.91 Å². The number of primary amides is 1. The summed E-state index contributed by atoms with van der Waals surface area (Å²) in [5, 5.41) is 0.287. The Morgan fingerprint density at radius 3 is 2.52 bits per heavy atom. The van der Waals surface area contributed by atoms with Crippen molar-refractivity contribution >= 4 is 16.8 Å². The van der Waals surface area contributed by atoms with Crippen molar-refractivity contribution in [2.75, 3.05) is 7.11 Å². The Hall–Kier alpha value is -3.22. The SMILES string of the molecule is CC1(C)CCC(c2cc(=O)c3c(C(N)=O)nccc3[nH]2)CC1.COc1cccc(F)c1. The van der Waals surface area contributed by atoms with Crippen LogP contribution in [-0.2, 0) is 0 Å². The fraction of sp³-hybridized carbons (Fsp3) is 0.375. The molecule has 0 atom stereocenters. The van der Waals surface area contributed by atoms with Gasteiger partial charge in [-0.1, -0.05) is 19.9 Å². The number of rotatable bonds is 3. The minimum Gasteiger partial charge on any atom is -0.497 e. The molecular weight excluding hydrogens is 397 g/mol. The Kier molecular flexibility index (Phi) is 6.73. The highest BCUT2D eigenvalue weighted by Crippen LogP contribution is 2.41. The number of methoxy groups -OCH3 is 1. The van der Waals surface area contributed by atoms with Crippen molar-refractivity contribution in [2.45, 2.75) is 45.4 Å². The van der Waals surface area contributed by atoms with E-state index in [0.717, 1.165) is 31.4 Å². The fourth-order valence-electron chi connectivity index (χ4n) is 3.93. The molecule has 31 heavy (non-hydrogen) atoms. The van der Waals surface area contributed by atoms with Crippen LogP contribution in [0.5, 0.6) is 5.75 Å². The molecule has 7 heteroatoms. The van der Waals surface area contributed by atoms with E-state index >= 15 is 0 Å². The number of ether oxygens (including phenoxy) is 1. The van der Waals surface area contributed by atoms with Crippen LogP contribution in [0.15, 0.2) is 47.4 Å². The summed E-state index contributed by atoms with van der Waals surface area (Å²) in [6.07, 6.45) is 5.96. The van der Waals surface area contributed by atoms with Gasteiger partial charge in [0.2, 0.25) is 0 Å². The van der Waals surface area contributed by atoms with Crippen molar-refractivity contribution in [1.82, 2.24) is 9.97 Å². The quantitative estimate of drug-likeness (QED) is 0.644. The Labute approximate surface area is 180 Å². The third-order valence-corrected chi connectivity index (χ3v) is 5.81. The molecule has 0 bridgehead atoms. The zero-order chi connectivity index (χ0) is 22.6. The van der Waals surface area contributed by atoms with Gasteiger partial charge in [-0.3, -0.25) is 14.6 Å². The number of carbonyl (C=O) groups is 1. The average Bonchev–Trinajstić information content (AvgIpc) is 2.73. The number of fused-ring (bicyclic) bond motifs is 1. The number of carbonyl (C=O) groups excluding carboxylic acids is 1. The molecule has 0 aliphatic heterocycles. The summed E-state index contributed by atoms with van der Waals surface area (Å²) in [6, 6.07) is 9.35. The summed E-state index contributed by atoms with van der Waals surface area (Å²) in [7, 11) is 1.51. The number of pyridine rings is 2. The van der Waals surface area contributed by atoms with Gasteiger partial charge < -0.3 is 15.5 Å². The molecule has 3 N–H and O–H groups in total. The molecule has 2 heterocycles. The number of nitrogens with two attached hydrogens (primary N) is 1. The number of benzene rings is 1. The minimum atomic E-state index is -0.678. The van der Waals surface area contributed by atoms with Crippen LogP contribution >= 0.6 is 0 Å². The first-order chi connectivity index (χ1) is 14.7. The number of hydrogen-bond donors (Lipinski definition) is 2. The zero-order valence-electron chi connectivity index (χ0n) is 18.1. The number of nitrogens with zero attached hydrogens (tertiary/aromatic N) is 1. The first kappa shape index (κ1) is 22.5. The summed E-state index contributed by atoms with van der Waals surface area (Å²) in [5.74, 6) is -0.0251. The molecular formula is C24H28FN3O3. The minimum absolute atomic E-state index is 0.0371. The van der Waals surface area contributed by atoms with Gasteiger partial charge >= 0.3 is 0 Å². The molecule has 1 aliphatic rings. The lowest BCUT2D eigenvalue weighted by molar-refractivity contribution is 0.0997. The van der Waals surface area contributed by atoms with Gasteiger partial charge in [-0.05, 0) is 55.2 Å². The molecule has 0 saturated heterocycles.